The minimum atomic E-state index is -1.55. The van der Waals surface area contributed by atoms with Crippen molar-refractivity contribution >= 4 is 30.5 Å². The molecule has 1 aliphatic heterocycles. The van der Waals surface area contributed by atoms with Crippen LogP contribution in [0.25, 0.3) is 0 Å². The number of hydrogen-bond acceptors (Lipinski definition) is 8. The summed E-state index contributed by atoms with van der Waals surface area (Å²) in [5.74, 6) is -3.45. The Morgan fingerprint density at radius 1 is 1.16 bits per heavy atom. The number of likely N-dealkylation sites (tertiary alicyclic amines) is 1. The third kappa shape index (κ3) is 3.99. The van der Waals surface area contributed by atoms with Crippen molar-refractivity contribution in [3.05, 3.63) is 11.3 Å². The van der Waals surface area contributed by atoms with E-state index in [2.05, 4.69) is 12.6 Å². The van der Waals surface area contributed by atoms with Crippen molar-refractivity contribution in [1.82, 2.24) is 4.90 Å². The zero-order valence-electron chi connectivity index (χ0n) is 15.5. The van der Waals surface area contributed by atoms with Crippen LogP contribution in [0.1, 0.15) is 34.6 Å². The van der Waals surface area contributed by atoms with E-state index in [0.29, 0.717) is 5.57 Å². The van der Waals surface area contributed by atoms with Gasteiger partial charge in [-0.05, 0) is 40.2 Å². The lowest BCUT2D eigenvalue weighted by atomic mass is 9.98. The Labute approximate surface area is 152 Å². The number of allylic oxidation sites excluding steroid dienone is 1. The van der Waals surface area contributed by atoms with Crippen LogP contribution in [0, 0.1) is 5.41 Å². The second-order valence-corrected chi connectivity index (χ2v) is 7.19. The molecule has 0 aromatic carbocycles. The van der Waals surface area contributed by atoms with Crippen molar-refractivity contribution in [3.63, 3.8) is 0 Å². The molecule has 0 spiro atoms. The molecule has 0 aromatic rings. The molecule has 142 valence electrons. The van der Waals surface area contributed by atoms with Crippen LogP contribution < -0.4 is 0 Å². The van der Waals surface area contributed by atoms with E-state index in [0.717, 1.165) is 4.90 Å². The van der Waals surface area contributed by atoms with Crippen LogP contribution in [0.3, 0.4) is 0 Å². The lowest BCUT2D eigenvalue weighted by Crippen LogP contribution is -2.73. The van der Waals surface area contributed by atoms with Crippen molar-refractivity contribution in [2.75, 3.05) is 21.0 Å². The van der Waals surface area contributed by atoms with Gasteiger partial charge < -0.3 is 18.9 Å². The summed E-state index contributed by atoms with van der Waals surface area (Å²) in [5.41, 5.74) is -0.187. The van der Waals surface area contributed by atoms with Gasteiger partial charge in [0.15, 0.2) is 0 Å². The van der Waals surface area contributed by atoms with Gasteiger partial charge in [-0.2, -0.15) is 0 Å². The van der Waals surface area contributed by atoms with E-state index >= 15 is 0 Å². The molecule has 1 fully saturated rings. The monoisotopic (exact) mass is 375 g/mol. The molecular weight excluding hydrogens is 350 g/mol. The molecule has 1 heterocycles. The summed E-state index contributed by atoms with van der Waals surface area (Å²) < 4.78 is 20.1. The van der Waals surface area contributed by atoms with Crippen LogP contribution in [0.15, 0.2) is 11.3 Å². The van der Waals surface area contributed by atoms with Gasteiger partial charge in [0.05, 0.1) is 5.41 Å². The SMILES string of the molecule is COC1(OC)C(=O)N(C(C(=O)OCOC(=O)C(C)(C)C)=C(C)C)[C@@H]1S. The molecule has 25 heavy (non-hydrogen) atoms. The average Bonchev–Trinajstić information content (AvgIpc) is 2.52. The van der Waals surface area contributed by atoms with Crippen LogP contribution in [-0.2, 0) is 33.3 Å². The van der Waals surface area contributed by atoms with Crippen molar-refractivity contribution in [3.8, 4) is 0 Å². The van der Waals surface area contributed by atoms with Gasteiger partial charge >= 0.3 is 11.9 Å². The summed E-state index contributed by atoms with van der Waals surface area (Å²) in [6.45, 7) is 7.77. The van der Waals surface area contributed by atoms with Crippen LogP contribution in [0.2, 0.25) is 0 Å². The number of thiol groups is 1. The Morgan fingerprint density at radius 2 is 1.68 bits per heavy atom. The number of hydrogen-bond donors (Lipinski definition) is 1. The van der Waals surface area contributed by atoms with Gasteiger partial charge in [-0.25, -0.2) is 4.79 Å². The maximum atomic E-state index is 12.4. The molecule has 0 aliphatic carbocycles. The zero-order valence-corrected chi connectivity index (χ0v) is 16.4. The van der Waals surface area contributed by atoms with Crippen LogP contribution >= 0.6 is 12.6 Å². The minimum absolute atomic E-state index is 0.00142. The molecule has 1 saturated heterocycles. The normalized spacial score (nSPS) is 19.1. The molecule has 0 unspecified atom stereocenters. The molecule has 0 bridgehead atoms. The molecule has 1 amide bonds. The molecule has 1 rings (SSSR count). The largest absolute Gasteiger partial charge is 0.427 e. The highest BCUT2D eigenvalue weighted by molar-refractivity contribution is 7.81. The molecule has 9 heteroatoms. The van der Waals surface area contributed by atoms with E-state index in [1.165, 1.54) is 14.2 Å². The highest BCUT2D eigenvalue weighted by Crippen LogP contribution is 2.40. The minimum Gasteiger partial charge on any atom is -0.427 e. The lowest BCUT2D eigenvalue weighted by Gasteiger charge is -2.51. The molecular formula is C16H25NO7S. The summed E-state index contributed by atoms with van der Waals surface area (Å²) in [7, 11) is 2.63. The number of carbonyl (C=O) groups is 3. The maximum Gasteiger partial charge on any atom is 0.357 e. The summed E-state index contributed by atoms with van der Waals surface area (Å²) in [5, 5.41) is -0.829. The second kappa shape index (κ2) is 7.76. The van der Waals surface area contributed by atoms with E-state index in [9.17, 15) is 14.4 Å². The Bertz CT molecular complexity index is 586. The molecule has 0 radical (unpaired) electrons. The van der Waals surface area contributed by atoms with Crippen molar-refractivity contribution in [2.24, 2.45) is 5.41 Å². The number of carbonyl (C=O) groups excluding carboxylic acids is 3. The third-order valence-corrected chi connectivity index (χ3v) is 4.18. The fourth-order valence-corrected chi connectivity index (χ4v) is 2.69. The lowest BCUT2D eigenvalue weighted by molar-refractivity contribution is -0.260. The highest BCUT2D eigenvalue weighted by atomic mass is 32.1. The topological polar surface area (TPSA) is 91.4 Å². The molecule has 1 aliphatic rings. The summed E-state index contributed by atoms with van der Waals surface area (Å²) >= 11 is 4.30. The quantitative estimate of drug-likeness (QED) is 0.247. The first-order chi connectivity index (χ1) is 11.4. The first-order valence-corrected chi connectivity index (χ1v) is 8.09. The van der Waals surface area contributed by atoms with Crippen LogP contribution in [0.5, 0.6) is 0 Å². The number of nitrogens with zero attached hydrogens (tertiary/aromatic N) is 1. The van der Waals surface area contributed by atoms with Crippen molar-refractivity contribution in [2.45, 2.75) is 45.8 Å². The van der Waals surface area contributed by atoms with E-state index < -0.39 is 41.2 Å². The van der Waals surface area contributed by atoms with Gasteiger partial charge in [0, 0.05) is 14.2 Å². The number of methoxy groups -OCH3 is 2. The summed E-state index contributed by atoms with van der Waals surface area (Å²) in [4.78, 5) is 37.6. The van der Waals surface area contributed by atoms with Crippen molar-refractivity contribution in [1.29, 1.82) is 0 Å². The van der Waals surface area contributed by atoms with Gasteiger partial charge in [-0.3, -0.25) is 14.5 Å². The predicted octanol–water partition coefficient (Wildman–Crippen LogP) is 1.46. The molecule has 8 nitrogen and oxygen atoms in total. The molecule has 1 atom stereocenters. The second-order valence-electron chi connectivity index (χ2n) is 6.70. The number of rotatable bonds is 6. The van der Waals surface area contributed by atoms with Crippen molar-refractivity contribution < 1.29 is 33.3 Å². The van der Waals surface area contributed by atoms with Gasteiger partial charge in [0.25, 0.3) is 11.7 Å². The van der Waals surface area contributed by atoms with Gasteiger partial charge in [-0.1, -0.05) is 0 Å². The predicted molar refractivity (Wildman–Crippen MR) is 91.2 cm³/mol. The smallest absolute Gasteiger partial charge is 0.357 e. The average molecular weight is 375 g/mol. The number of β-lactam (4-membered cyclic amide) rings is 1. The van der Waals surface area contributed by atoms with E-state index in [1.54, 1.807) is 34.6 Å². The fourth-order valence-electron chi connectivity index (χ4n) is 2.15. The molecule has 0 N–H and O–H groups in total. The third-order valence-electron chi connectivity index (χ3n) is 3.61. The van der Waals surface area contributed by atoms with E-state index in [1.807, 2.05) is 0 Å². The number of ether oxygens (including phenoxy) is 4. The Balaban J connectivity index is 2.83. The van der Waals surface area contributed by atoms with E-state index in [-0.39, 0.29) is 5.70 Å². The Kier molecular flexibility index (Phi) is 6.66. The summed E-state index contributed by atoms with van der Waals surface area (Å²) in [6.07, 6.45) is 0. The fraction of sp³-hybridized carbons (Fsp3) is 0.688. The maximum absolute atomic E-state index is 12.4. The zero-order chi connectivity index (χ0) is 19.6. The first-order valence-electron chi connectivity index (χ1n) is 7.58. The molecule has 0 aromatic heterocycles. The van der Waals surface area contributed by atoms with Gasteiger partial charge in [0.2, 0.25) is 6.79 Å². The highest BCUT2D eigenvalue weighted by Gasteiger charge is 2.63. The molecule has 0 saturated carbocycles. The Hall–Kier alpha value is -1.58. The Morgan fingerprint density at radius 3 is 2.04 bits per heavy atom. The summed E-state index contributed by atoms with van der Waals surface area (Å²) in [6, 6.07) is 0. The number of amides is 1. The van der Waals surface area contributed by atoms with E-state index in [4.69, 9.17) is 18.9 Å². The standard InChI is InChI=1S/C16H25NO7S/c1-9(2)10(11(18)23-8-24-14(20)15(3,4)5)17-12(19)16(21-6,22-7)13(17)25/h13,25H,8H2,1-7H3/t13-/m1/s1. The first kappa shape index (κ1) is 21.5. The van der Waals surface area contributed by atoms with Crippen LogP contribution in [-0.4, -0.2) is 54.9 Å². The van der Waals surface area contributed by atoms with Gasteiger partial charge in [0.1, 0.15) is 11.1 Å². The number of esters is 2. The van der Waals surface area contributed by atoms with Crippen LogP contribution in [0.4, 0.5) is 0 Å². The van der Waals surface area contributed by atoms with Gasteiger partial charge in [-0.15, -0.1) is 12.6 Å².